The lowest BCUT2D eigenvalue weighted by molar-refractivity contribution is -0.137. The molecule has 4 rings (SSSR count). The lowest BCUT2D eigenvalue weighted by Crippen LogP contribution is -2.50. The molecular weight excluding hydrogens is 296 g/mol. The van der Waals surface area contributed by atoms with E-state index >= 15 is 0 Å². The molecule has 2 nitrogen and oxygen atoms in total. The summed E-state index contributed by atoms with van der Waals surface area (Å²) in [4.78, 5) is 10.8. The Morgan fingerprint density at radius 2 is 1.75 bits per heavy atom. The average molecular weight is 333 g/mol. The Labute approximate surface area is 147 Å². The van der Waals surface area contributed by atoms with Crippen LogP contribution in [0.3, 0.4) is 0 Å². The maximum absolute atomic E-state index is 10.8. The molecule has 7 atom stereocenters. The molecule has 24 heavy (non-hydrogen) atoms. The highest BCUT2D eigenvalue weighted by atomic mass is 16.4. The molecule has 0 amide bonds. The Hall–Kier alpha value is -0.530. The quantitative estimate of drug-likeness (QED) is 0.696. The molecule has 1 N–H and O–H groups in total. The van der Waals surface area contributed by atoms with Gasteiger partial charge in [0.1, 0.15) is 0 Å². The first-order chi connectivity index (χ1) is 11.6. The Kier molecular flexibility index (Phi) is 4.69. The summed E-state index contributed by atoms with van der Waals surface area (Å²) in [6.07, 6.45) is 17.2. The lowest BCUT2D eigenvalue weighted by atomic mass is 9.47. The number of hydrogen-bond acceptors (Lipinski definition) is 1. The van der Waals surface area contributed by atoms with Gasteiger partial charge in [0, 0.05) is 6.42 Å². The van der Waals surface area contributed by atoms with Crippen LogP contribution in [0.15, 0.2) is 0 Å². The van der Waals surface area contributed by atoms with Crippen molar-refractivity contribution in [3.05, 3.63) is 0 Å². The Balaban J connectivity index is 1.43. The molecule has 0 radical (unpaired) electrons. The van der Waals surface area contributed by atoms with Gasteiger partial charge in [-0.25, -0.2) is 0 Å². The van der Waals surface area contributed by atoms with Gasteiger partial charge in [0.25, 0.3) is 0 Å². The van der Waals surface area contributed by atoms with Gasteiger partial charge in [-0.15, -0.1) is 0 Å². The predicted molar refractivity (Wildman–Crippen MR) is 96.7 cm³/mol. The fourth-order valence-corrected chi connectivity index (χ4v) is 7.94. The first kappa shape index (κ1) is 16.9. The standard InChI is InChI=1S/C22H36O2/c1-22-14-3-2-6-16(22)9-11-19-18-10-8-15(5-4-7-21(23)24)17(18)12-13-20(19)22/h15-20H,2-14H2,1H3,(H,23,24). The van der Waals surface area contributed by atoms with Crippen LogP contribution in [0.5, 0.6) is 0 Å². The van der Waals surface area contributed by atoms with E-state index in [1.807, 2.05) is 0 Å². The fourth-order valence-electron chi connectivity index (χ4n) is 7.94. The maximum atomic E-state index is 10.8. The zero-order valence-electron chi connectivity index (χ0n) is 15.5. The number of carboxylic acid groups (broad SMARTS) is 1. The number of rotatable bonds is 4. The molecule has 0 aliphatic heterocycles. The topological polar surface area (TPSA) is 37.3 Å². The van der Waals surface area contributed by atoms with Crippen LogP contribution in [0.1, 0.15) is 90.4 Å². The van der Waals surface area contributed by atoms with Crippen molar-refractivity contribution in [3.8, 4) is 0 Å². The molecule has 0 aromatic carbocycles. The van der Waals surface area contributed by atoms with Crippen LogP contribution in [-0.4, -0.2) is 11.1 Å². The summed E-state index contributed by atoms with van der Waals surface area (Å²) in [5.74, 6) is 5.19. The molecule has 0 heterocycles. The molecule has 0 saturated heterocycles. The van der Waals surface area contributed by atoms with Gasteiger partial charge < -0.3 is 5.11 Å². The van der Waals surface area contributed by atoms with E-state index in [9.17, 15) is 4.79 Å². The van der Waals surface area contributed by atoms with E-state index in [-0.39, 0.29) is 0 Å². The highest BCUT2D eigenvalue weighted by Gasteiger charge is 2.55. The van der Waals surface area contributed by atoms with E-state index in [0.717, 1.165) is 41.9 Å². The van der Waals surface area contributed by atoms with Gasteiger partial charge in [-0.2, -0.15) is 0 Å². The Morgan fingerprint density at radius 1 is 0.958 bits per heavy atom. The van der Waals surface area contributed by atoms with E-state index in [1.54, 1.807) is 0 Å². The van der Waals surface area contributed by atoms with Crippen molar-refractivity contribution in [2.45, 2.75) is 90.4 Å². The maximum Gasteiger partial charge on any atom is 0.303 e. The number of carbonyl (C=O) groups is 1. The third kappa shape index (κ3) is 2.82. The first-order valence-corrected chi connectivity index (χ1v) is 10.8. The number of aliphatic carboxylic acids is 1. The molecule has 4 aliphatic carbocycles. The Bertz CT molecular complexity index is 473. The number of fused-ring (bicyclic) bond motifs is 5. The van der Waals surface area contributed by atoms with Crippen LogP contribution in [0.4, 0.5) is 0 Å². The lowest BCUT2D eigenvalue weighted by Gasteiger charge is -2.58. The summed E-state index contributed by atoms with van der Waals surface area (Å²) in [5.41, 5.74) is 0.660. The minimum absolute atomic E-state index is 0.375. The normalized spacial score (nSPS) is 47.5. The fraction of sp³-hybridized carbons (Fsp3) is 0.955. The zero-order chi connectivity index (χ0) is 16.7. The highest BCUT2D eigenvalue weighted by molar-refractivity contribution is 5.66. The summed E-state index contributed by atoms with van der Waals surface area (Å²) >= 11 is 0. The second-order valence-corrected chi connectivity index (χ2v) is 9.82. The summed E-state index contributed by atoms with van der Waals surface area (Å²) in [5, 5.41) is 8.91. The summed E-state index contributed by atoms with van der Waals surface area (Å²) in [6.45, 7) is 2.66. The van der Waals surface area contributed by atoms with Gasteiger partial charge in [0.15, 0.2) is 0 Å². The molecule has 0 aromatic rings. The van der Waals surface area contributed by atoms with Gasteiger partial charge in [-0.1, -0.05) is 19.8 Å². The summed E-state index contributed by atoms with van der Waals surface area (Å²) in [7, 11) is 0. The van der Waals surface area contributed by atoms with Crippen molar-refractivity contribution < 1.29 is 9.90 Å². The third-order valence-corrected chi connectivity index (χ3v) is 9.02. The van der Waals surface area contributed by atoms with Crippen LogP contribution in [0, 0.1) is 40.9 Å². The van der Waals surface area contributed by atoms with E-state index in [0.29, 0.717) is 11.8 Å². The molecule has 2 heteroatoms. The van der Waals surface area contributed by atoms with Crippen molar-refractivity contribution in [1.29, 1.82) is 0 Å². The molecule has 4 saturated carbocycles. The number of hydrogen-bond donors (Lipinski definition) is 1. The first-order valence-electron chi connectivity index (χ1n) is 10.8. The van der Waals surface area contributed by atoms with Gasteiger partial charge in [-0.3, -0.25) is 4.79 Å². The molecular formula is C22H36O2. The molecule has 0 spiro atoms. The second-order valence-electron chi connectivity index (χ2n) is 9.82. The van der Waals surface area contributed by atoms with Crippen molar-refractivity contribution in [2.24, 2.45) is 40.9 Å². The molecule has 0 bridgehead atoms. The molecule has 4 fully saturated rings. The van der Waals surface area contributed by atoms with Crippen molar-refractivity contribution in [1.82, 2.24) is 0 Å². The van der Waals surface area contributed by atoms with E-state index in [2.05, 4.69) is 6.92 Å². The van der Waals surface area contributed by atoms with Crippen molar-refractivity contribution in [2.75, 3.05) is 0 Å². The molecule has 0 aromatic heterocycles. The van der Waals surface area contributed by atoms with Gasteiger partial charge >= 0.3 is 5.97 Å². The Morgan fingerprint density at radius 3 is 2.58 bits per heavy atom. The van der Waals surface area contributed by atoms with Gasteiger partial charge in [0.05, 0.1) is 0 Å². The van der Waals surface area contributed by atoms with Crippen LogP contribution in [-0.2, 0) is 4.79 Å². The summed E-state index contributed by atoms with van der Waals surface area (Å²) < 4.78 is 0. The third-order valence-electron chi connectivity index (χ3n) is 9.02. The number of carboxylic acids is 1. The van der Waals surface area contributed by atoms with Gasteiger partial charge in [-0.05, 0) is 105 Å². The van der Waals surface area contributed by atoms with Crippen LogP contribution < -0.4 is 0 Å². The smallest absolute Gasteiger partial charge is 0.303 e. The van der Waals surface area contributed by atoms with E-state index < -0.39 is 5.97 Å². The predicted octanol–water partition coefficient (Wildman–Crippen LogP) is 5.90. The SMILES string of the molecule is CC12CCCCC1CCC1C3CCC(CCCC(=O)O)C3CCC12. The van der Waals surface area contributed by atoms with Crippen molar-refractivity contribution >= 4 is 5.97 Å². The second kappa shape index (κ2) is 6.65. The van der Waals surface area contributed by atoms with E-state index in [1.165, 1.54) is 70.6 Å². The monoisotopic (exact) mass is 332 g/mol. The molecule has 136 valence electrons. The molecule has 4 aliphatic rings. The van der Waals surface area contributed by atoms with Crippen LogP contribution >= 0.6 is 0 Å². The minimum Gasteiger partial charge on any atom is -0.481 e. The largest absolute Gasteiger partial charge is 0.481 e. The average Bonchev–Trinajstić information content (AvgIpc) is 2.97. The molecule has 7 unspecified atom stereocenters. The van der Waals surface area contributed by atoms with Crippen LogP contribution in [0.2, 0.25) is 0 Å². The van der Waals surface area contributed by atoms with Gasteiger partial charge in [0.2, 0.25) is 0 Å². The van der Waals surface area contributed by atoms with Crippen molar-refractivity contribution in [3.63, 3.8) is 0 Å². The zero-order valence-corrected chi connectivity index (χ0v) is 15.5. The highest BCUT2D eigenvalue weighted by Crippen LogP contribution is 2.64. The van der Waals surface area contributed by atoms with E-state index in [4.69, 9.17) is 5.11 Å². The minimum atomic E-state index is -0.614. The summed E-state index contributed by atoms with van der Waals surface area (Å²) in [6, 6.07) is 0. The van der Waals surface area contributed by atoms with Crippen LogP contribution in [0.25, 0.3) is 0 Å².